The molecule has 8 heteroatoms. The summed E-state index contributed by atoms with van der Waals surface area (Å²) in [5.41, 5.74) is 0.182. The fourth-order valence-corrected chi connectivity index (χ4v) is 1.58. The Morgan fingerprint density at radius 3 is 2.42 bits per heavy atom. The molecule has 0 bridgehead atoms. The van der Waals surface area contributed by atoms with Crippen LogP contribution in [0.4, 0.5) is 18.9 Å². The Morgan fingerprint density at radius 1 is 1.17 bits per heavy atom. The molecule has 1 aromatic carbocycles. The average molecular weight is 346 g/mol. The zero-order valence-electron chi connectivity index (χ0n) is 13.8. The number of rotatable bonds is 6. The number of anilines is 1. The van der Waals surface area contributed by atoms with Crippen molar-refractivity contribution in [2.24, 2.45) is 5.41 Å². The third-order valence-corrected chi connectivity index (χ3v) is 2.86. The van der Waals surface area contributed by atoms with Crippen LogP contribution in [0, 0.1) is 5.41 Å². The summed E-state index contributed by atoms with van der Waals surface area (Å²) < 4.78 is 40.1. The number of hydrogen-bond acceptors (Lipinski definition) is 3. The van der Waals surface area contributed by atoms with Gasteiger partial charge in [-0.05, 0) is 18.2 Å². The lowest BCUT2D eigenvalue weighted by atomic mass is 9.95. The van der Waals surface area contributed by atoms with Crippen LogP contribution in [0.5, 0.6) is 0 Å². The van der Waals surface area contributed by atoms with Crippen LogP contribution in [0.3, 0.4) is 0 Å². The van der Waals surface area contributed by atoms with Gasteiger partial charge in [0.15, 0.2) is 0 Å². The smallest absolute Gasteiger partial charge is 0.370 e. The minimum Gasteiger partial charge on any atom is -0.370 e. The van der Waals surface area contributed by atoms with E-state index in [0.717, 1.165) is 0 Å². The number of carbonyl (C=O) groups excluding carboxylic acids is 2. The molecule has 0 atom stereocenters. The Bertz CT molecular complexity index is 581. The van der Waals surface area contributed by atoms with Crippen LogP contribution in [0.15, 0.2) is 24.3 Å². The molecule has 0 fully saturated rings. The molecule has 0 spiro atoms. The Balaban J connectivity index is 2.51. The predicted molar refractivity (Wildman–Crippen MR) is 83.7 cm³/mol. The third kappa shape index (κ3) is 7.45. The summed E-state index contributed by atoms with van der Waals surface area (Å²) in [6, 6.07) is 6.29. The lowest BCUT2D eigenvalue weighted by molar-refractivity contribution is -0.173. The standard InChI is InChI=1S/C16H21F3N2O3/c1-15(2,3)14(23)21-12-6-4-5-11(9-12)13(22)20-7-8-24-10-16(17,18)19/h4-6,9H,7-8,10H2,1-3H3,(H,20,22)(H,21,23). The Morgan fingerprint density at radius 2 is 1.83 bits per heavy atom. The maximum Gasteiger partial charge on any atom is 0.411 e. The minimum atomic E-state index is -4.39. The van der Waals surface area contributed by atoms with E-state index in [-0.39, 0.29) is 24.6 Å². The molecule has 0 aliphatic rings. The highest BCUT2D eigenvalue weighted by molar-refractivity contribution is 5.98. The maximum atomic E-state index is 11.9. The second-order valence-electron chi connectivity index (χ2n) is 6.21. The highest BCUT2D eigenvalue weighted by Crippen LogP contribution is 2.18. The molecular formula is C16H21F3N2O3. The van der Waals surface area contributed by atoms with Gasteiger partial charge in [-0.3, -0.25) is 9.59 Å². The van der Waals surface area contributed by atoms with Crippen molar-refractivity contribution in [1.82, 2.24) is 5.32 Å². The van der Waals surface area contributed by atoms with Crippen LogP contribution < -0.4 is 10.6 Å². The molecule has 0 aliphatic carbocycles. The van der Waals surface area contributed by atoms with E-state index in [2.05, 4.69) is 15.4 Å². The second-order valence-corrected chi connectivity index (χ2v) is 6.21. The molecule has 2 amide bonds. The summed E-state index contributed by atoms with van der Waals surface area (Å²) in [5.74, 6) is -0.655. The van der Waals surface area contributed by atoms with Gasteiger partial charge in [-0.25, -0.2) is 0 Å². The molecule has 1 rings (SSSR count). The van der Waals surface area contributed by atoms with Crippen molar-refractivity contribution in [3.63, 3.8) is 0 Å². The highest BCUT2D eigenvalue weighted by Gasteiger charge is 2.27. The van der Waals surface area contributed by atoms with Gasteiger partial charge in [0, 0.05) is 23.2 Å². The van der Waals surface area contributed by atoms with Gasteiger partial charge in [-0.2, -0.15) is 13.2 Å². The van der Waals surface area contributed by atoms with Crippen molar-refractivity contribution in [2.45, 2.75) is 26.9 Å². The van der Waals surface area contributed by atoms with Crippen molar-refractivity contribution in [2.75, 3.05) is 25.1 Å². The van der Waals surface area contributed by atoms with Crippen LogP contribution in [-0.2, 0) is 9.53 Å². The van der Waals surface area contributed by atoms with E-state index in [1.165, 1.54) is 6.07 Å². The number of nitrogens with one attached hydrogen (secondary N) is 2. The number of benzene rings is 1. The molecular weight excluding hydrogens is 325 g/mol. The quantitative estimate of drug-likeness (QED) is 0.778. The number of ether oxygens (including phenoxy) is 1. The molecule has 1 aromatic rings. The number of alkyl halides is 3. The third-order valence-electron chi connectivity index (χ3n) is 2.86. The topological polar surface area (TPSA) is 67.4 Å². The largest absolute Gasteiger partial charge is 0.411 e. The summed E-state index contributed by atoms with van der Waals surface area (Å²) in [6.07, 6.45) is -4.39. The minimum absolute atomic E-state index is 0.0481. The molecule has 0 unspecified atom stereocenters. The van der Waals surface area contributed by atoms with Crippen molar-refractivity contribution < 1.29 is 27.5 Å². The van der Waals surface area contributed by atoms with E-state index < -0.39 is 24.1 Å². The lowest BCUT2D eigenvalue weighted by Gasteiger charge is -2.18. The number of amides is 2. The van der Waals surface area contributed by atoms with Crippen LogP contribution in [-0.4, -0.2) is 37.7 Å². The van der Waals surface area contributed by atoms with E-state index in [0.29, 0.717) is 5.69 Å². The van der Waals surface area contributed by atoms with Crippen LogP contribution >= 0.6 is 0 Å². The summed E-state index contributed by atoms with van der Waals surface area (Å²) in [6.45, 7) is 3.65. The van der Waals surface area contributed by atoms with E-state index in [1.807, 2.05) is 0 Å². The van der Waals surface area contributed by atoms with Crippen molar-refractivity contribution in [3.8, 4) is 0 Å². The monoisotopic (exact) mass is 346 g/mol. The summed E-state index contributed by atoms with van der Waals surface area (Å²) in [5, 5.41) is 5.15. The normalized spacial score (nSPS) is 11.9. The summed E-state index contributed by atoms with van der Waals surface area (Å²) >= 11 is 0. The zero-order chi connectivity index (χ0) is 18.4. The number of carbonyl (C=O) groups is 2. The lowest BCUT2D eigenvalue weighted by Crippen LogP contribution is -2.29. The van der Waals surface area contributed by atoms with Gasteiger partial charge in [0.25, 0.3) is 5.91 Å². The number of hydrogen-bond donors (Lipinski definition) is 2. The van der Waals surface area contributed by atoms with Gasteiger partial charge in [0.1, 0.15) is 6.61 Å². The second kappa shape index (κ2) is 8.14. The molecule has 24 heavy (non-hydrogen) atoms. The maximum absolute atomic E-state index is 11.9. The van der Waals surface area contributed by atoms with Gasteiger partial charge in [0.2, 0.25) is 5.91 Å². The Hall–Kier alpha value is -2.09. The fraction of sp³-hybridized carbons (Fsp3) is 0.500. The molecule has 5 nitrogen and oxygen atoms in total. The predicted octanol–water partition coefficient (Wildman–Crippen LogP) is 2.98. The van der Waals surface area contributed by atoms with Crippen LogP contribution in [0.25, 0.3) is 0 Å². The van der Waals surface area contributed by atoms with Gasteiger partial charge >= 0.3 is 6.18 Å². The first-order valence-corrected chi connectivity index (χ1v) is 7.33. The molecule has 0 aromatic heterocycles. The summed E-state index contributed by atoms with van der Waals surface area (Å²) in [7, 11) is 0. The molecule has 0 radical (unpaired) electrons. The molecule has 0 saturated heterocycles. The van der Waals surface area contributed by atoms with E-state index >= 15 is 0 Å². The summed E-state index contributed by atoms with van der Waals surface area (Å²) in [4.78, 5) is 23.9. The first-order valence-electron chi connectivity index (χ1n) is 7.33. The Kier molecular flexibility index (Phi) is 6.77. The van der Waals surface area contributed by atoms with Gasteiger partial charge in [-0.15, -0.1) is 0 Å². The van der Waals surface area contributed by atoms with Gasteiger partial charge in [0.05, 0.1) is 6.61 Å². The van der Waals surface area contributed by atoms with Crippen LogP contribution in [0.2, 0.25) is 0 Å². The van der Waals surface area contributed by atoms with Gasteiger partial charge in [-0.1, -0.05) is 26.8 Å². The van der Waals surface area contributed by atoms with Crippen molar-refractivity contribution in [3.05, 3.63) is 29.8 Å². The molecule has 2 N–H and O–H groups in total. The van der Waals surface area contributed by atoms with E-state index in [1.54, 1.807) is 39.0 Å². The highest BCUT2D eigenvalue weighted by atomic mass is 19.4. The zero-order valence-corrected chi connectivity index (χ0v) is 13.8. The first-order chi connectivity index (χ1) is 11.0. The van der Waals surface area contributed by atoms with Crippen molar-refractivity contribution >= 4 is 17.5 Å². The Labute approximate surface area is 138 Å². The molecule has 0 aliphatic heterocycles. The van der Waals surface area contributed by atoms with Gasteiger partial charge < -0.3 is 15.4 Å². The van der Waals surface area contributed by atoms with E-state index in [9.17, 15) is 22.8 Å². The number of halogens is 3. The molecule has 0 heterocycles. The molecule has 0 saturated carbocycles. The van der Waals surface area contributed by atoms with Crippen molar-refractivity contribution in [1.29, 1.82) is 0 Å². The average Bonchev–Trinajstić information content (AvgIpc) is 2.44. The fourth-order valence-electron chi connectivity index (χ4n) is 1.58. The molecule has 134 valence electrons. The SMILES string of the molecule is CC(C)(C)C(=O)Nc1cccc(C(=O)NCCOCC(F)(F)F)c1. The van der Waals surface area contributed by atoms with Crippen LogP contribution in [0.1, 0.15) is 31.1 Å². The first kappa shape index (κ1) is 20.0. The van der Waals surface area contributed by atoms with E-state index in [4.69, 9.17) is 0 Å².